The quantitative estimate of drug-likeness (QED) is 0.318. The van der Waals surface area contributed by atoms with Gasteiger partial charge in [-0.25, -0.2) is 0 Å². The maximum atomic E-state index is 13.2. The molecule has 170 valence electrons. The molecule has 1 fully saturated rings. The first-order valence-corrected chi connectivity index (χ1v) is 11.5. The zero-order chi connectivity index (χ0) is 23.7. The fraction of sp³-hybridized carbons (Fsp3) is 0.280. The van der Waals surface area contributed by atoms with E-state index in [1.165, 1.54) is 16.2 Å². The number of amides is 1. The lowest BCUT2D eigenvalue weighted by Gasteiger charge is -2.23. The number of anilines is 1. The third kappa shape index (κ3) is 4.26. The summed E-state index contributed by atoms with van der Waals surface area (Å²) in [4.78, 5) is 27.7. The standard InChI is InChI=1S/C25H25N3O4S/c1-5-12-32-18-10-8-17(9-11-18)21-20(22(29)19-13-14(2)6-7-15(19)3)23(30)24(31)28(21)25-27-26-16(4)33-25/h6-11,13,21,29H,5,12H2,1-4H3. The van der Waals surface area contributed by atoms with Gasteiger partial charge < -0.3 is 9.84 Å². The number of ether oxygens (including phenoxy) is 1. The minimum atomic E-state index is -0.836. The van der Waals surface area contributed by atoms with E-state index in [0.717, 1.165) is 17.5 Å². The number of carbonyl (C=O) groups is 2. The Morgan fingerprint density at radius 2 is 1.82 bits per heavy atom. The SMILES string of the molecule is CCCOc1ccc(C2C(=C(O)c3cc(C)ccc3C)C(=O)C(=O)N2c2nnc(C)s2)cc1. The number of aromatic nitrogens is 2. The van der Waals surface area contributed by atoms with E-state index in [1.54, 1.807) is 31.2 Å². The number of aliphatic hydroxyl groups is 1. The number of aliphatic hydroxyl groups excluding tert-OH is 1. The first-order chi connectivity index (χ1) is 15.8. The van der Waals surface area contributed by atoms with Crippen molar-refractivity contribution in [1.82, 2.24) is 10.2 Å². The summed E-state index contributed by atoms with van der Waals surface area (Å²) in [5.41, 5.74) is 2.96. The highest BCUT2D eigenvalue weighted by Gasteiger charge is 2.48. The van der Waals surface area contributed by atoms with E-state index in [-0.39, 0.29) is 11.3 Å². The van der Waals surface area contributed by atoms with Crippen molar-refractivity contribution in [2.24, 2.45) is 0 Å². The number of rotatable bonds is 6. The van der Waals surface area contributed by atoms with Gasteiger partial charge in [-0.1, -0.05) is 48.1 Å². The van der Waals surface area contributed by atoms with Crippen LogP contribution in [0.5, 0.6) is 5.75 Å². The highest BCUT2D eigenvalue weighted by atomic mass is 32.1. The lowest BCUT2D eigenvalue weighted by Crippen LogP contribution is -2.29. The Balaban J connectivity index is 1.89. The molecule has 8 heteroatoms. The van der Waals surface area contributed by atoms with Gasteiger partial charge in [-0.3, -0.25) is 14.5 Å². The van der Waals surface area contributed by atoms with Crippen LogP contribution in [0.25, 0.3) is 5.76 Å². The van der Waals surface area contributed by atoms with E-state index in [1.807, 2.05) is 39.0 Å². The Kier molecular flexibility index (Phi) is 6.29. The monoisotopic (exact) mass is 463 g/mol. The van der Waals surface area contributed by atoms with Gasteiger partial charge in [0, 0.05) is 5.56 Å². The Morgan fingerprint density at radius 1 is 1.09 bits per heavy atom. The number of ketones is 1. The molecule has 0 bridgehead atoms. The average Bonchev–Trinajstić information content (AvgIpc) is 3.34. The van der Waals surface area contributed by atoms with Gasteiger partial charge >= 0.3 is 5.91 Å². The highest BCUT2D eigenvalue weighted by Crippen LogP contribution is 2.43. The van der Waals surface area contributed by atoms with Crippen LogP contribution in [0.2, 0.25) is 0 Å². The van der Waals surface area contributed by atoms with Crippen LogP contribution in [0.4, 0.5) is 5.13 Å². The molecular weight excluding hydrogens is 438 g/mol. The summed E-state index contributed by atoms with van der Waals surface area (Å²) in [5.74, 6) is -1.000. The number of Topliss-reactive ketones (excluding diaryl/α,β-unsaturated/α-hetero) is 1. The number of aryl methyl sites for hydroxylation is 3. The molecule has 4 rings (SSSR count). The Morgan fingerprint density at radius 3 is 2.45 bits per heavy atom. The van der Waals surface area contributed by atoms with Crippen molar-refractivity contribution in [2.45, 2.75) is 40.2 Å². The van der Waals surface area contributed by atoms with E-state index in [4.69, 9.17) is 4.74 Å². The molecule has 0 saturated carbocycles. The second-order valence-electron chi connectivity index (χ2n) is 8.01. The zero-order valence-electron chi connectivity index (χ0n) is 19.0. The second-order valence-corrected chi connectivity index (χ2v) is 9.17. The van der Waals surface area contributed by atoms with Gasteiger partial charge in [0.1, 0.15) is 16.5 Å². The molecule has 1 amide bonds. The lowest BCUT2D eigenvalue weighted by molar-refractivity contribution is -0.132. The van der Waals surface area contributed by atoms with Gasteiger partial charge in [0.15, 0.2) is 0 Å². The van der Waals surface area contributed by atoms with Gasteiger partial charge in [0.25, 0.3) is 5.78 Å². The lowest BCUT2D eigenvalue weighted by atomic mass is 9.93. The van der Waals surface area contributed by atoms with Crippen LogP contribution in [0.15, 0.2) is 48.0 Å². The van der Waals surface area contributed by atoms with E-state index >= 15 is 0 Å². The first-order valence-electron chi connectivity index (χ1n) is 10.7. The van der Waals surface area contributed by atoms with Crippen LogP contribution in [0.1, 0.15) is 46.6 Å². The molecular formula is C25H25N3O4S. The molecule has 1 unspecified atom stereocenters. The predicted octanol–water partition coefficient (Wildman–Crippen LogP) is 4.88. The maximum Gasteiger partial charge on any atom is 0.301 e. The Labute approximate surface area is 196 Å². The minimum absolute atomic E-state index is 0.0313. The molecule has 1 N–H and O–H groups in total. The molecule has 1 aliphatic heterocycles. The predicted molar refractivity (Wildman–Crippen MR) is 128 cm³/mol. The fourth-order valence-corrected chi connectivity index (χ4v) is 4.55. The molecule has 2 heterocycles. The molecule has 1 aliphatic rings. The molecule has 33 heavy (non-hydrogen) atoms. The van der Waals surface area contributed by atoms with E-state index < -0.39 is 17.7 Å². The van der Waals surface area contributed by atoms with Crippen LogP contribution in [-0.2, 0) is 9.59 Å². The van der Waals surface area contributed by atoms with Crippen molar-refractivity contribution >= 4 is 33.9 Å². The molecule has 2 aromatic carbocycles. The normalized spacial score (nSPS) is 17.6. The van der Waals surface area contributed by atoms with Crippen molar-refractivity contribution in [1.29, 1.82) is 0 Å². The van der Waals surface area contributed by atoms with Gasteiger partial charge in [0.2, 0.25) is 5.13 Å². The molecule has 1 saturated heterocycles. The van der Waals surface area contributed by atoms with E-state index in [9.17, 15) is 14.7 Å². The maximum absolute atomic E-state index is 13.2. The summed E-state index contributed by atoms with van der Waals surface area (Å²) >= 11 is 1.22. The van der Waals surface area contributed by atoms with E-state index in [0.29, 0.717) is 33.6 Å². The van der Waals surface area contributed by atoms with E-state index in [2.05, 4.69) is 10.2 Å². The van der Waals surface area contributed by atoms with Crippen molar-refractivity contribution in [3.8, 4) is 5.75 Å². The molecule has 3 aromatic rings. The third-order valence-corrected chi connectivity index (χ3v) is 6.32. The summed E-state index contributed by atoms with van der Waals surface area (Å²) in [5, 5.41) is 20.4. The van der Waals surface area contributed by atoms with Gasteiger partial charge in [0.05, 0.1) is 18.2 Å². The van der Waals surface area contributed by atoms with Crippen molar-refractivity contribution in [3.05, 3.63) is 75.3 Å². The summed E-state index contributed by atoms with van der Waals surface area (Å²) in [7, 11) is 0. The molecule has 1 atom stereocenters. The summed E-state index contributed by atoms with van der Waals surface area (Å²) in [6, 6.07) is 12.0. The Hall–Kier alpha value is -3.52. The van der Waals surface area contributed by atoms with Crippen LogP contribution in [0, 0.1) is 20.8 Å². The van der Waals surface area contributed by atoms with Gasteiger partial charge in [-0.2, -0.15) is 0 Å². The number of hydrogen-bond donors (Lipinski definition) is 1. The molecule has 0 aliphatic carbocycles. The number of hydrogen-bond acceptors (Lipinski definition) is 7. The van der Waals surface area contributed by atoms with Crippen LogP contribution >= 0.6 is 11.3 Å². The van der Waals surface area contributed by atoms with Gasteiger partial charge in [-0.15, -0.1) is 10.2 Å². The number of nitrogens with zero attached hydrogens (tertiary/aromatic N) is 3. The van der Waals surface area contributed by atoms with Crippen LogP contribution < -0.4 is 9.64 Å². The average molecular weight is 464 g/mol. The molecule has 0 spiro atoms. The van der Waals surface area contributed by atoms with Crippen molar-refractivity contribution in [3.63, 3.8) is 0 Å². The molecule has 0 radical (unpaired) electrons. The van der Waals surface area contributed by atoms with Crippen molar-refractivity contribution < 1.29 is 19.4 Å². The van der Waals surface area contributed by atoms with Crippen molar-refractivity contribution in [2.75, 3.05) is 11.5 Å². The first kappa shape index (κ1) is 22.7. The van der Waals surface area contributed by atoms with Crippen LogP contribution in [-0.4, -0.2) is 33.6 Å². The summed E-state index contributed by atoms with van der Waals surface area (Å²) in [6.07, 6.45) is 0.883. The number of carbonyl (C=O) groups excluding carboxylic acids is 2. The largest absolute Gasteiger partial charge is 0.507 e. The Bertz CT molecular complexity index is 1250. The zero-order valence-corrected chi connectivity index (χ0v) is 19.8. The van der Waals surface area contributed by atoms with Crippen LogP contribution in [0.3, 0.4) is 0 Å². The minimum Gasteiger partial charge on any atom is -0.507 e. The third-order valence-electron chi connectivity index (χ3n) is 5.48. The smallest absolute Gasteiger partial charge is 0.301 e. The summed E-state index contributed by atoms with van der Waals surface area (Å²) < 4.78 is 5.67. The molecule has 1 aromatic heterocycles. The topological polar surface area (TPSA) is 92.6 Å². The van der Waals surface area contributed by atoms with Gasteiger partial charge in [-0.05, 0) is 56.5 Å². The fourth-order valence-electron chi connectivity index (χ4n) is 3.83. The number of benzene rings is 2. The second kappa shape index (κ2) is 9.15. The summed E-state index contributed by atoms with van der Waals surface area (Å²) in [6.45, 7) is 8.16. The molecule has 7 nitrogen and oxygen atoms in total. The highest BCUT2D eigenvalue weighted by molar-refractivity contribution is 7.15.